The maximum atomic E-state index is 12.7. The Labute approximate surface area is 166 Å². The average Bonchev–Trinajstić information content (AvgIpc) is 2.96. The summed E-state index contributed by atoms with van der Waals surface area (Å²) in [6.07, 6.45) is -3.92. The van der Waals surface area contributed by atoms with Crippen molar-refractivity contribution in [1.29, 1.82) is 0 Å². The van der Waals surface area contributed by atoms with Crippen molar-refractivity contribution in [2.24, 2.45) is 0 Å². The molecule has 6 nitrogen and oxygen atoms in total. The summed E-state index contributed by atoms with van der Waals surface area (Å²) >= 11 is 12.4. The molecule has 12 heteroatoms. The maximum Gasteiger partial charge on any atom is 0.445 e. The van der Waals surface area contributed by atoms with Crippen LogP contribution in [0.4, 0.5) is 28.8 Å². The van der Waals surface area contributed by atoms with Crippen molar-refractivity contribution in [3.8, 4) is 0 Å². The number of anilines is 2. The summed E-state index contributed by atoms with van der Waals surface area (Å²) in [6, 6.07) is 4.40. The first-order valence-electron chi connectivity index (χ1n) is 7.90. The van der Waals surface area contributed by atoms with Crippen LogP contribution in [0, 0.1) is 0 Å². The monoisotopic (exact) mass is 439 g/mol. The van der Waals surface area contributed by atoms with Crippen molar-refractivity contribution in [3.05, 3.63) is 33.3 Å². The van der Waals surface area contributed by atoms with Crippen molar-refractivity contribution in [2.45, 2.75) is 12.6 Å². The van der Waals surface area contributed by atoms with Gasteiger partial charge in [0, 0.05) is 31.2 Å². The molecule has 0 saturated carbocycles. The second-order valence-electron chi connectivity index (χ2n) is 5.77. The molecule has 146 valence electrons. The first kappa shape index (κ1) is 20.0. The molecule has 27 heavy (non-hydrogen) atoms. The number of urea groups is 1. The van der Waals surface area contributed by atoms with E-state index in [0.717, 1.165) is 0 Å². The van der Waals surface area contributed by atoms with Gasteiger partial charge < -0.3 is 15.1 Å². The minimum Gasteiger partial charge on any atom is -0.345 e. The zero-order chi connectivity index (χ0) is 19.6. The molecule has 0 radical (unpaired) electrons. The first-order chi connectivity index (χ1) is 12.7. The molecule has 1 aromatic carbocycles. The van der Waals surface area contributed by atoms with Crippen molar-refractivity contribution in [1.82, 2.24) is 15.1 Å². The summed E-state index contributed by atoms with van der Waals surface area (Å²) in [7, 11) is 0. The van der Waals surface area contributed by atoms with E-state index in [1.807, 2.05) is 0 Å². The van der Waals surface area contributed by atoms with Crippen LogP contribution in [0.3, 0.4) is 0 Å². The smallest absolute Gasteiger partial charge is 0.345 e. The Morgan fingerprint density at radius 2 is 1.93 bits per heavy atom. The maximum absolute atomic E-state index is 12.7. The van der Waals surface area contributed by atoms with E-state index in [4.69, 9.17) is 23.2 Å². The lowest BCUT2D eigenvalue weighted by Crippen LogP contribution is -2.38. The second kappa shape index (κ2) is 8.07. The fourth-order valence-electron chi connectivity index (χ4n) is 2.55. The Bertz CT molecular complexity index is 832. The van der Waals surface area contributed by atoms with Crippen LogP contribution in [-0.4, -0.2) is 47.3 Å². The van der Waals surface area contributed by atoms with Crippen LogP contribution < -0.4 is 10.2 Å². The van der Waals surface area contributed by atoms with Crippen LogP contribution in [0.2, 0.25) is 10.0 Å². The number of nitrogens with one attached hydrogen (secondary N) is 1. The zero-order valence-corrected chi connectivity index (χ0v) is 16.1. The predicted molar refractivity (Wildman–Crippen MR) is 98.8 cm³/mol. The zero-order valence-electron chi connectivity index (χ0n) is 13.8. The van der Waals surface area contributed by atoms with E-state index in [2.05, 4.69) is 15.5 Å². The topological polar surface area (TPSA) is 61.4 Å². The summed E-state index contributed by atoms with van der Waals surface area (Å²) in [6.45, 7) is 1.63. The summed E-state index contributed by atoms with van der Waals surface area (Å²) < 4.78 is 38.1. The van der Waals surface area contributed by atoms with Gasteiger partial charge in [0.1, 0.15) is 0 Å². The van der Waals surface area contributed by atoms with Crippen LogP contribution in [0.15, 0.2) is 18.2 Å². The van der Waals surface area contributed by atoms with Gasteiger partial charge in [-0.15, -0.1) is 10.2 Å². The fourth-order valence-corrected chi connectivity index (χ4v) is 3.77. The number of halogens is 5. The lowest BCUT2D eigenvalue weighted by atomic mass is 10.3. The molecule has 0 atom stereocenters. The van der Waals surface area contributed by atoms with Gasteiger partial charge in [0.05, 0.1) is 10.7 Å². The van der Waals surface area contributed by atoms with Crippen molar-refractivity contribution in [2.75, 3.05) is 36.4 Å². The number of alkyl halides is 3. The standard InChI is InChI=1S/C15H14Cl2F3N5OS/c16-9-2-3-11(10(17)8-9)21-13(26)24-4-1-5-25(7-6-24)14-23-22-12(27-14)15(18,19)20/h2-3,8H,1,4-7H2,(H,21,26). The van der Waals surface area contributed by atoms with E-state index in [1.54, 1.807) is 21.9 Å². The van der Waals surface area contributed by atoms with E-state index in [-0.39, 0.29) is 11.2 Å². The van der Waals surface area contributed by atoms with Gasteiger partial charge in [-0.1, -0.05) is 34.5 Å². The Balaban J connectivity index is 1.62. The molecule has 1 fully saturated rings. The van der Waals surface area contributed by atoms with Gasteiger partial charge >= 0.3 is 12.2 Å². The number of carbonyl (C=O) groups is 1. The molecule has 0 bridgehead atoms. The number of rotatable bonds is 2. The second-order valence-corrected chi connectivity index (χ2v) is 7.57. The molecule has 0 unspecified atom stereocenters. The molecule has 2 heterocycles. The van der Waals surface area contributed by atoms with E-state index in [0.29, 0.717) is 59.7 Å². The predicted octanol–water partition coefficient (Wildman–Crippen LogP) is 4.61. The highest BCUT2D eigenvalue weighted by molar-refractivity contribution is 7.15. The minimum atomic E-state index is -4.51. The van der Waals surface area contributed by atoms with Gasteiger partial charge in [0.2, 0.25) is 10.1 Å². The van der Waals surface area contributed by atoms with Crippen molar-refractivity contribution >= 4 is 51.4 Å². The molecule has 0 aliphatic carbocycles. The van der Waals surface area contributed by atoms with E-state index >= 15 is 0 Å². The third-order valence-corrected chi connectivity index (χ3v) is 5.46. The summed E-state index contributed by atoms with van der Waals surface area (Å²) in [5, 5.41) is 9.55. The van der Waals surface area contributed by atoms with Gasteiger partial charge in [-0.3, -0.25) is 0 Å². The Morgan fingerprint density at radius 1 is 1.15 bits per heavy atom. The van der Waals surface area contributed by atoms with Gasteiger partial charge in [-0.05, 0) is 24.6 Å². The SMILES string of the molecule is O=C(Nc1ccc(Cl)cc1Cl)N1CCCN(c2nnc(C(F)(F)F)s2)CC1. The van der Waals surface area contributed by atoms with E-state index in [1.165, 1.54) is 6.07 Å². The van der Waals surface area contributed by atoms with Crippen LogP contribution in [-0.2, 0) is 6.18 Å². The summed E-state index contributed by atoms with van der Waals surface area (Å²) in [4.78, 5) is 15.8. The van der Waals surface area contributed by atoms with Crippen LogP contribution in [0.25, 0.3) is 0 Å². The van der Waals surface area contributed by atoms with E-state index < -0.39 is 11.2 Å². The number of hydrogen-bond donors (Lipinski definition) is 1. The molecule has 0 spiro atoms. The summed E-state index contributed by atoms with van der Waals surface area (Å²) in [5.74, 6) is 0. The quantitative estimate of drug-likeness (QED) is 0.741. The summed E-state index contributed by atoms with van der Waals surface area (Å²) in [5.41, 5.74) is 0.436. The minimum absolute atomic E-state index is 0.199. The number of carbonyl (C=O) groups excluding carboxylic acids is 1. The molecule has 2 amide bonds. The first-order valence-corrected chi connectivity index (χ1v) is 9.48. The number of amides is 2. The van der Waals surface area contributed by atoms with E-state index in [9.17, 15) is 18.0 Å². The number of aromatic nitrogens is 2. The molecule has 1 saturated heterocycles. The molecule has 1 aliphatic heterocycles. The highest BCUT2D eigenvalue weighted by Crippen LogP contribution is 2.34. The molecule has 1 aliphatic rings. The molecule has 2 aromatic rings. The molecular weight excluding hydrogens is 426 g/mol. The number of nitrogens with zero attached hydrogens (tertiary/aromatic N) is 4. The highest BCUT2D eigenvalue weighted by atomic mass is 35.5. The van der Waals surface area contributed by atoms with Gasteiger partial charge in [-0.2, -0.15) is 13.2 Å². The largest absolute Gasteiger partial charge is 0.445 e. The molecule has 3 rings (SSSR count). The van der Waals surface area contributed by atoms with Crippen LogP contribution >= 0.6 is 34.5 Å². The third-order valence-electron chi connectivity index (χ3n) is 3.88. The average molecular weight is 440 g/mol. The van der Waals surface area contributed by atoms with Gasteiger partial charge in [-0.25, -0.2) is 4.79 Å². The number of benzene rings is 1. The normalized spacial score (nSPS) is 15.6. The van der Waals surface area contributed by atoms with Crippen LogP contribution in [0.1, 0.15) is 11.4 Å². The van der Waals surface area contributed by atoms with Gasteiger partial charge in [0.15, 0.2) is 0 Å². The fraction of sp³-hybridized carbons (Fsp3) is 0.400. The lowest BCUT2D eigenvalue weighted by Gasteiger charge is -2.22. The Kier molecular flexibility index (Phi) is 5.97. The number of hydrogen-bond acceptors (Lipinski definition) is 5. The van der Waals surface area contributed by atoms with Crippen LogP contribution in [0.5, 0.6) is 0 Å². The highest BCUT2D eigenvalue weighted by Gasteiger charge is 2.36. The third kappa shape index (κ3) is 4.94. The lowest BCUT2D eigenvalue weighted by molar-refractivity contribution is -0.138. The van der Waals surface area contributed by atoms with Crippen molar-refractivity contribution < 1.29 is 18.0 Å². The Morgan fingerprint density at radius 3 is 2.59 bits per heavy atom. The van der Waals surface area contributed by atoms with Crippen molar-refractivity contribution in [3.63, 3.8) is 0 Å². The Hall–Kier alpha value is -1.78. The van der Waals surface area contributed by atoms with Gasteiger partial charge in [0.25, 0.3) is 0 Å². The molecular formula is C15H14Cl2F3N5OS. The molecule has 1 N–H and O–H groups in total. The molecule has 1 aromatic heterocycles.